The van der Waals surface area contributed by atoms with E-state index in [4.69, 9.17) is 23.2 Å². The summed E-state index contributed by atoms with van der Waals surface area (Å²) in [5.74, 6) is -0.149. The molecule has 2 aromatic carbocycles. The molecule has 29 heavy (non-hydrogen) atoms. The van der Waals surface area contributed by atoms with Crippen molar-refractivity contribution in [3.05, 3.63) is 58.1 Å². The number of nitrogens with zero attached hydrogens (tertiary/aromatic N) is 2. The highest BCUT2D eigenvalue weighted by Crippen LogP contribution is 2.24. The van der Waals surface area contributed by atoms with Gasteiger partial charge in [-0.2, -0.15) is 4.31 Å². The number of sulfonamides is 1. The van der Waals surface area contributed by atoms with E-state index in [2.05, 4.69) is 5.32 Å². The SMILES string of the molecule is Cc1c(Cl)cccc1NC(=O)C(C)N1CCN(S(=O)(=O)c2ccc(Cl)cc2)CC1. The summed E-state index contributed by atoms with van der Waals surface area (Å²) >= 11 is 12.0. The zero-order valence-electron chi connectivity index (χ0n) is 16.2. The number of hydrogen-bond acceptors (Lipinski definition) is 4. The number of carbonyl (C=O) groups is 1. The summed E-state index contributed by atoms with van der Waals surface area (Å²) in [5.41, 5.74) is 1.49. The molecule has 156 valence electrons. The van der Waals surface area contributed by atoms with Gasteiger partial charge in [0, 0.05) is 41.9 Å². The minimum Gasteiger partial charge on any atom is -0.324 e. The molecule has 2 aromatic rings. The minimum absolute atomic E-state index is 0.149. The second-order valence-corrected chi connectivity index (χ2v) is 9.75. The first-order chi connectivity index (χ1) is 13.7. The molecule has 1 fully saturated rings. The standard InChI is InChI=1S/C20H23Cl2N3O3S/c1-14-18(22)4-3-5-19(14)23-20(26)15(2)24-10-12-25(13-11-24)29(27,28)17-8-6-16(21)7-9-17/h3-9,15H,10-13H2,1-2H3,(H,23,26). The molecule has 9 heteroatoms. The first kappa shape index (κ1) is 22.1. The van der Waals surface area contributed by atoms with Crippen molar-refractivity contribution in [2.45, 2.75) is 24.8 Å². The van der Waals surface area contributed by atoms with Crippen molar-refractivity contribution in [2.24, 2.45) is 0 Å². The highest BCUT2D eigenvalue weighted by molar-refractivity contribution is 7.89. The monoisotopic (exact) mass is 455 g/mol. The molecule has 0 aromatic heterocycles. The Bertz CT molecular complexity index is 989. The average Bonchev–Trinajstić information content (AvgIpc) is 2.71. The third-order valence-corrected chi connectivity index (χ3v) is 7.75. The fraction of sp³-hybridized carbons (Fsp3) is 0.350. The first-order valence-electron chi connectivity index (χ1n) is 9.26. The van der Waals surface area contributed by atoms with Gasteiger partial charge in [0.2, 0.25) is 15.9 Å². The van der Waals surface area contributed by atoms with Gasteiger partial charge in [0.25, 0.3) is 0 Å². The lowest BCUT2D eigenvalue weighted by atomic mass is 10.1. The largest absolute Gasteiger partial charge is 0.324 e. The molecule has 1 aliphatic heterocycles. The van der Waals surface area contributed by atoms with Crippen molar-refractivity contribution in [1.29, 1.82) is 0 Å². The van der Waals surface area contributed by atoms with Crippen molar-refractivity contribution < 1.29 is 13.2 Å². The van der Waals surface area contributed by atoms with Crippen molar-refractivity contribution in [3.8, 4) is 0 Å². The first-order valence-corrected chi connectivity index (χ1v) is 11.5. The maximum absolute atomic E-state index is 12.8. The molecule has 1 unspecified atom stereocenters. The number of halogens is 2. The summed E-state index contributed by atoms with van der Waals surface area (Å²) < 4.78 is 27.0. The van der Waals surface area contributed by atoms with Crippen LogP contribution < -0.4 is 5.32 Å². The van der Waals surface area contributed by atoms with Crippen LogP contribution in [0.4, 0.5) is 5.69 Å². The summed E-state index contributed by atoms with van der Waals surface area (Å²) in [6.45, 7) is 5.24. The van der Waals surface area contributed by atoms with Crippen LogP contribution in [0.25, 0.3) is 0 Å². The topological polar surface area (TPSA) is 69.7 Å². The second-order valence-electron chi connectivity index (χ2n) is 6.97. The maximum atomic E-state index is 12.8. The van der Waals surface area contributed by atoms with Crippen LogP contribution in [0, 0.1) is 6.92 Å². The molecule has 6 nitrogen and oxygen atoms in total. The lowest BCUT2D eigenvalue weighted by Gasteiger charge is -2.36. The second kappa shape index (κ2) is 9.02. The Morgan fingerprint density at radius 2 is 1.66 bits per heavy atom. The van der Waals surface area contributed by atoms with Crippen LogP contribution in [0.2, 0.25) is 10.0 Å². The minimum atomic E-state index is -3.57. The molecule has 0 spiro atoms. The Balaban J connectivity index is 1.61. The van der Waals surface area contributed by atoms with Crippen molar-refractivity contribution >= 4 is 44.8 Å². The van der Waals surface area contributed by atoms with E-state index >= 15 is 0 Å². The van der Waals surface area contributed by atoms with Gasteiger partial charge in [-0.15, -0.1) is 0 Å². The number of nitrogens with one attached hydrogen (secondary N) is 1. The number of hydrogen-bond donors (Lipinski definition) is 1. The van der Waals surface area contributed by atoms with Crippen molar-refractivity contribution in [2.75, 3.05) is 31.5 Å². The molecule has 1 heterocycles. The van der Waals surface area contributed by atoms with E-state index in [9.17, 15) is 13.2 Å². The fourth-order valence-corrected chi connectivity index (χ4v) is 4.96. The molecular formula is C20H23Cl2N3O3S. The van der Waals surface area contributed by atoms with E-state index in [1.165, 1.54) is 16.4 Å². The third-order valence-electron chi connectivity index (χ3n) is 5.18. The van der Waals surface area contributed by atoms with Crippen LogP contribution in [0.3, 0.4) is 0 Å². The summed E-state index contributed by atoms with van der Waals surface area (Å²) in [5, 5.41) is 3.99. The van der Waals surface area contributed by atoms with Crippen LogP contribution in [0.15, 0.2) is 47.4 Å². The molecule has 3 rings (SSSR count). The number of piperazine rings is 1. The number of rotatable bonds is 5. The van der Waals surface area contributed by atoms with Gasteiger partial charge in [-0.1, -0.05) is 29.3 Å². The van der Waals surface area contributed by atoms with Crippen LogP contribution in [-0.4, -0.2) is 55.8 Å². The van der Waals surface area contributed by atoms with E-state index in [1.807, 2.05) is 24.8 Å². The van der Waals surface area contributed by atoms with Gasteiger partial charge in [-0.25, -0.2) is 8.42 Å². The molecule has 0 radical (unpaired) electrons. The lowest BCUT2D eigenvalue weighted by molar-refractivity contribution is -0.121. The highest BCUT2D eigenvalue weighted by atomic mass is 35.5. The number of benzene rings is 2. The molecule has 1 N–H and O–H groups in total. The Morgan fingerprint density at radius 1 is 1.03 bits per heavy atom. The maximum Gasteiger partial charge on any atom is 0.243 e. The van der Waals surface area contributed by atoms with Crippen LogP contribution in [0.1, 0.15) is 12.5 Å². The van der Waals surface area contributed by atoms with E-state index in [-0.39, 0.29) is 10.8 Å². The van der Waals surface area contributed by atoms with E-state index < -0.39 is 16.1 Å². The van der Waals surface area contributed by atoms with Gasteiger partial charge in [0.05, 0.1) is 10.9 Å². The third kappa shape index (κ3) is 4.92. The summed E-state index contributed by atoms with van der Waals surface area (Å²) in [6, 6.07) is 11.1. The molecule has 1 atom stereocenters. The van der Waals surface area contributed by atoms with Gasteiger partial charge >= 0.3 is 0 Å². The molecule has 0 aliphatic carbocycles. The van der Waals surface area contributed by atoms with Crippen molar-refractivity contribution in [3.63, 3.8) is 0 Å². The van der Waals surface area contributed by atoms with Crippen LogP contribution in [-0.2, 0) is 14.8 Å². The van der Waals surface area contributed by atoms with E-state index in [1.54, 1.807) is 24.3 Å². The Hall–Kier alpha value is -1.64. The predicted octanol–water partition coefficient (Wildman–Crippen LogP) is 3.64. The average molecular weight is 456 g/mol. The fourth-order valence-electron chi connectivity index (χ4n) is 3.23. The Morgan fingerprint density at radius 3 is 2.28 bits per heavy atom. The molecule has 1 saturated heterocycles. The molecule has 1 aliphatic rings. The lowest BCUT2D eigenvalue weighted by Crippen LogP contribution is -2.53. The predicted molar refractivity (Wildman–Crippen MR) is 116 cm³/mol. The summed E-state index contributed by atoms with van der Waals surface area (Å²) in [6.07, 6.45) is 0. The van der Waals surface area contributed by atoms with Gasteiger partial charge in [-0.3, -0.25) is 9.69 Å². The van der Waals surface area contributed by atoms with E-state index in [0.717, 1.165) is 5.56 Å². The smallest absolute Gasteiger partial charge is 0.243 e. The summed E-state index contributed by atoms with van der Waals surface area (Å²) in [7, 11) is -3.57. The normalized spacial score (nSPS) is 17.1. The van der Waals surface area contributed by atoms with Gasteiger partial charge in [0.1, 0.15) is 0 Å². The number of anilines is 1. The number of amides is 1. The van der Waals surface area contributed by atoms with Crippen LogP contribution in [0.5, 0.6) is 0 Å². The Labute approximate surface area is 181 Å². The summed E-state index contributed by atoms with van der Waals surface area (Å²) in [4.78, 5) is 14.9. The molecular weight excluding hydrogens is 433 g/mol. The molecule has 0 bridgehead atoms. The molecule has 1 amide bonds. The molecule has 0 saturated carbocycles. The van der Waals surface area contributed by atoms with Crippen molar-refractivity contribution in [1.82, 2.24) is 9.21 Å². The van der Waals surface area contributed by atoms with Crippen LogP contribution >= 0.6 is 23.2 Å². The quantitative estimate of drug-likeness (QED) is 0.746. The van der Waals surface area contributed by atoms with E-state index in [0.29, 0.717) is 41.9 Å². The van der Waals surface area contributed by atoms with Gasteiger partial charge in [-0.05, 0) is 55.8 Å². The highest BCUT2D eigenvalue weighted by Gasteiger charge is 2.31. The van der Waals surface area contributed by atoms with Gasteiger partial charge < -0.3 is 5.32 Å². The Kier molecular flexibility index (Phi) is 6.86. The number of carbonyl (C=O) groups excluding carboxylic acids is 1. The van der Waals surface area contributed by atoms with Gasteiger partial charge in [0.15, 0.2) is 0 Å². The zero-order chi connectivity index (χ0) is 21.2. The zero-order valence-corrected chi connectivity index (χ0v) is 18.6.